The summed E-state index contributed by atoms with van der Waals surface area (Å²) in [5.41, 5.74) is 1.32. The van der Waals surface area contributed by atoms with Gasteiger partial charge in [0.15, 0.2) is 0 Å². The van der Waals surface area contributed by atoms with E-state index in [-0.39, 0.29) is 12.0 Å². The van der Waals surface area contributed by atoms with Gasteiger partial charge < -0.3 is 10.2 Å². The van der Waals surface area contributed by atoms with E-state index in [1.54, 1.807) is 0 Å². The molecule has 1 heterocycles. The third-order valence-corrected chi connectivity index (χ3v) is 5.63. The van der Waals surface area contributed by atoms with Gasteiger partial charge in [0, 0.05) is 31.1 Å². The molecule has 2 aromatic rings. The van der Waals surface area contributed by atoms with E-state index < -0.39 is 0 Å². The number of amides is 1. The molecule has 1 aliphatic carbocycles. The van der Waals surface area contributed by atoms with Gasteiger partial charge in [-0.15, -0.1) is 0 Å². The largest absolute Gasteiger partial charge is 0.337 e. The maximum atomic E-state index is 12.9. The summed E-state index contributed by atoms with van der Waals surface area (Å²) in [6.07, 6.45) is 1.00. The maximum Gasteiger partial charge on any atom is 0.226 e. The van der Waals surface area contributed by atoms with E-state index in [2.05, 4.69) is 66.5 Å². The molecule has 2 fully saturated rings. The Morgan fingerprint density at radius 2 is 1.91 bits per heavy atom. The van der Waals surface area contributed by atoms with Crippen molar-refractivity contribution in [3.05, 3.63) is 48.0 Å². The summed E-state index contributed by atoms with van der Waals surface area (Å²) in [4.78, 5) is 15.0. The molecule has 0 bridgehead atoms. The van der Waals surface area contributed by atoms with E-state index >= 15 is 0 Å². The molecule has 1 amide bonds. The minimum atomic E-state index is 0.184. The van der Waals surface area contributed by atoms with Gasteiger partial charge in [-0.3, -0.25) is 4.79 Å². The molecule has 0 aromatic heterocycles. The Balaban J connectivity index is 1.51. The number of carbonyl (C=O) groups is 1. The van der Waals surface area contributed by atoms with Crippen LogP contribution in [-0.4, -0.2) is 36.0 Å². The maximum absolute atomic E-state index is 12.9. The van der Waals surface area contributed by atoms with Crippen LogP contribution in [0.1, 0.15) is 31.7 Å². The summed E-state index contributed by atoms with van der Waals surface area (Å²) in [6.45, 7) is 6.07. The minimum absolute atomic E-state index is 0.184. The Hall–Kier alpha value is -1.87. The molecule has 0 radical (unpaired) electrons. The lowest BCUT2D eigenvalue weighted by atomic mass is 10.0. The molecule has 4 atom stereocenters. The van der Waals surface area contributed by atoms with Crippen molar-refractivity contribution in [3.63, 3.8) is 0 Å². The van der Waals surface area contributed by atoms with Gasteiger partial charge in [-0.25, -0.2) is 0 Å². The Labute approximate surface area is 137 Å². The molecular formula is C20H24N2O. The molecule has 3 heteroatoms. The Morgan fingerprint density at radius 1 is 1.13 bits per heavy atom. The van der Waals surface area contributed by atoms with Gasteiger partial charge in [0.05, 0.1) is 0 Å². The summed E-state index contributed by atoms with van der Waals surface area (Å²) in [7, 11) is 0. The summed E-state index contributed by atoms with van der Waals surface area (Å²) in [5.74, 6) is 0.942. The van der Waals surface area contributed by atoms with Gasteiger partial charge >= 0.3 is 0 Å². The molecule has 23 heavy (non-hydrogen) atoms. The predicted octanol–water partition coefficient (Wildman–Crippen LogP) is 3.15. The van der Waals surface area contributed by atoms with E-state index in [1.165, 1.54) is 16.3 Å². The van der Waals surface area contributed by atoms with Crippen LogP contribution in [0.3, 0.4) is 0 Å². The summed E-state index contributed by atoms with van der Waals surface area (Å²) in [6, 6.07) is 15.7. The Bertz CT molecular complexity index is 741. The molecule has 4 unspecified atom stereocenters. The first-order valence-electron chi connectivity index (χ1n) is 8.67. The summed E-state index contributed by atoms with van der Waals surface area (Å²) >= 11 is 0. The second kappa shape index (κ2) is 5.64. The van der Waals surface area contributed by atoms with Crippen molar-refractivity contribution in [1.29, 1.82) is 0 Å². The summed E-state index contributed by atoms with van der Waals surface area (Å²) in [5, 5.41) is 5.98. The highest BCUT2D eigenvalue weighted by molar-refractivity contribution is 5.86. The highest BCUT2D eigenvalue weighted by atomic mass is 16.2. The highest BCUT2D eigenvalue weighted by Crippen LogP contribution is 2.49. The van der Waals surface area contributed by atoms with Crippen molar-refractivity contribution in [3.8, 4) is 0 Å². The second-order valence-corrected chi connectivity index (χ2v) is 7.07. The topological polar surface area (TPSA) is 32.3 Å². The lowest BCUT2D eigenvalue weighted by Gasteiger charge is -2.38. The van der Waals surface area contributed by atoms with Crippen molar-refractivity contribution < 1.29 is 4.79 Å². The van der Waals surface area contributed by atoms with Gasteiger partial charge in [-0.1, -0.05) is 42.5 Å². The van der Waals surface area contributed by atoms with Crippen molar-refractivity contribution in [2.75, 3.05) is 13.1 Å². The Morgan fingerprint density at radius 3 is 2.74 bits per heavy atom. The molecular weight excluding hydrogens is 284 g/mol. The average Bonchev–Trinajstić information content (AvgIpc) is 3.37. The zero-order valence-electron chi connectivity index (χ0n) is 13.8. The van der Waals surface area contributed by atoms with Crippen LogP contribution in [0.15, 0.2) is 42.5 Å². The first kappa shape index (κ1) is 14.7. The number of rotatable bonds is 2. The molecule has 0 spiro atoms. The predicted molar refractivity (Wildman–Crippen MR) is 93.4 cm³/mol. The van der Waals surface area contributed by atoms with Crippen molar-refractivity contribution >= 4 is 16.7 Å². The van der Waals surface area contributed by atoms with Crippen LogP contribution in [0.4, 0.5) is 0 Å². The van der Waals surface area contributed by atoms with Gasteiger partial charge in [0.1, 0.15) is 0 Å². The monoisotopic (exact) mass is 308 g/mol. The summed E-state index contributed by atoms with van der Waals surface area (Å²) < 4.78 is 0. The van der Waals surface area contributed by atoms with E-state index in [4.69, 9.17) is 0 Å². The number of carbonyl (C=O) groups excluding carboxylic acids is 1. The van der Waals surface area contributed by atoms with Crippen molar-refractivity contribution in [2.45, 2.75) is 38.3 Å². The Kier molecular flexibility index (Phi) is 3.61. The number of fused-ring (bicyclic) bond motifs is 1. The number of nitrogens with zero attached hydrogens (tertiary/aromatic N) is 1. The third kappa shape index (κ3) is 2.63. The van der Waals surface area contributed by atoms with Crippen LogP contribution in [0, 0.1) is 5.92 Å². The van der Waals surface area contributed by atoms with E-state index in [1.807, 2.05) is 0 Å². The lowest BCUT2D eigenvalue weighted by molar-refractivity contribution is -0.136. The number of nitrogens with one attached hydrogen (secondary N) is 1. The zero-order chi connectivity index (χ0) is 16.0. The first-order chi connectivity index (χ1) is 11.1. The molecule has 1 aliphatic heterocycles. The quantitative estimate of drug-likeness (QED) is 0.924. The van der Waals surface area contributed by atoms with E-state index in [0.717, 1.165) is 19.5 Å². The van der Waals surface area contributed by atoms with Crippen LogP contribution in [-0.2, 0) is 4.79 Å². The fraction of sp³-hybridized carbons (Fsp3) is 0.450. The number of hydrogen-bond acceptors (Lipinski definition) is 2. The van der Waals surface area contributed by atoms with Crippen LogP contribution in [0.25, 0.3) is 10.8 Å². The molecule has 1 saturated heterocycles. The molecule has 2 aliphatic rings. The van der Waals surface area contributed by atoms with Crippen molar-refractivity contribution in [1.82, 2.24) is 10.2 Å². The molecule has 3 nitrogen and oxygen atoms in total. The number of benzene rings is 2. The van der Waals surface area contributed by atoms with Gasteiger partial charge in [-0.2, -0.15) is 0 Å². The van der Waals surface area contributed by atoms with Crippen LogP contribution in [0.2, 0.25) is 0 Å². The molecule has 4 rings (SSSR count). The lowest BCUT2D eigenvalue weighted by Crippen LogP contribution is -2.57. The minimum Gasteiger partial charge on any atom is -0.337 e. The molecule has 120 valence electrons. The van der Waals surface area contributed by atoms with Gasteiger partial charge in [0.2, 0.25) is 5.91 Å². The van der Waals surface area contributed by atoms with Crippen molar-refractivity contribution in [2.24, 2.45) is 5.92 Å². The fourth-order valence-electron chi connectivity index (χ4n) is 3.86. The standard InChI is InChI=1S/C20H24N2O/c1-13-14(2)22(10-9-21-13)20(23)19-12-18(19)17-8-7-15-5-3-4-6-16(15)11-17/h3-8,11,13-14,18-19,21H,9-10,12H2,1-2H3. The van der Waals surface area contributed by atoms with Gasteiger partial charge in [0.25, 0.3) is 0 Å². The molecule has 1 N–H and O–H groups in total. The average molecular weight is 308 g/mol. The molecule has 1 saturated carbocycles. The van der Waals surface area contributed by atoms with Gasteiger partial charge in [-0.05, 0) is 42.5 Å². The third-order valence-electron chi connectivity index (χ3n) is 5.63. The normalized spacial score (nSPS) is 30.4. The fourth-order valence-corrected chi connectivity index (χ4v) is 3.86. The van der Waals surface area contributed by atoms with Crippen LogP contribution < -0.4 is 5.32 Å². The zero-order valence-corrected chi connectivity index (χ0v) is 13.8. The first-order valence-corrected chi connectivity index (χ1v) is 8.67. The number of piperazine rings is 1. The molecule has 2 aromatic carbocycles. The SMILES string of the molecule is CC1NCCN(C(=O)C2CC2c2ccc3ccccc3c2)C1C. The second-order valence-electron chi connectivity index (χ2n) is 7.07. The van der Waals surface area contributed by atoms with E-state index in [0.29, 0.717) is 17.9 Å². The smallest absolute Gasteiger partial charge is 0.226 e. The van der Waals surface area contributed by atoms with Crippen LogP contribution >= 0.6 is 0 Å². The number of hydrogen-bond donors (Lipinski definition) is 1. The van der Waals surface area contributed by atoms with Crippen LogP contribution in [0.5, 0.6) is 0 Å². The van der Waals surface area contributed by atoms with E-state index in [9.17, 15) is 4.79 Å². The highest BCUT2D eigenvalue weighted by Gasteiger charge is 2.47.